The van der Waals surface area contributed by atoms with Crippen molar-refractivity contribution in [3.63, 3.8) is 0 Å². The summed E-state index contributed by atoms with van der Waals surface area (Å²) in [7, 11) is 0. The van der Waals surface area contributed by atoms with E-state index >= 15 is 0 Å². The molecule has 0 bridgehead atoms. The lowest BCUT2D eigenvalue weighted by Crippen LogP contribution is -2.58. The van der Waals surface area contributed by atoms with Crippen LogP contribution in [0.25, 0.3) is 0 Å². The molecule has 2 aromatic rings. The Balaban J connectivity index is 1.71. The van der Waals surface area contributed by atoms with Crippen LogP contribution in [0.5, 0.6) is 0 Å². The number of nitrogens with two attached hydrogens (primary N) is 1. The molecule has 140 valence electrons. The second-order valence-corrected chi connectivity index (χ2v) is 6.66. The summed E-state index contributed by atoms with van der Waals surface area (Å²) in [4.78, 5) is 44.6. The predicted octanol–water partition coefficient (Wildman–Crippen LogP) is 0.995. The number of rotatable bonds is 6. The van der Waals surface area contributed by atoms with Gasteiger partial charge in [-0.2, -0.15) is 0 Å². The number of aromatic nitrogens is 2. The number of aliphatic carboxylic acids is 1. The van der Waals surface area contributed by atoms with E-state index < -0.39 is 29.6 Å². The van der Waals surface area contributed by atoms with Gasteiger partial charge in [0.15, 0.2) is 5.78 Å². The van der Waals surface area contributed by atoms with Gasteiger partial charge in [0.1, 0.15) is 11.7 Å². The fraction of sp³-hybridized carbons (Fsp3) is 0.316. The van der Waals surface area contributed by atoms with Gasteiger partial charge in [-0.3, -0.25) is 19.4 Å². The summed E-state index contributed by atoms with van der Waals surface area (Å²) in [5.74, 6) is -4.81. The Morgan fingerprint density at radius 2 is 2.11 bits per heavy atom. The van der Waals surface area contributed by atoms with E-state index in [1.165, 1.54) is 6.20 Å². The minimum Gasteiger partial charge on any atom is -0.481 e. The van der Waals surface area contributed by atoms with Gasteiger partial charge in [-0.15, -0.1) is 0 Å². The Morgan fingerprint density at radius 1 is 1.33 bits per heavy atom. The summed E-state index contributed by atoms with van der Waals surface area (Å²) in [6.45, 7) is 1.76. The largest absolute Gasteiger partial charge is 0.481 e. The third kappa shape index (κ3) is 3.79. The van der Waals surface area contributed by atoms with Gasteiger partial charge < -0.3 is 16.2 Å². The number of Topliss-reactive ketones (excluding diaryl/α,β-unsaturated/α-hetero) is 1. The molecule has 27 heavy (non-hydrogen) atoms. The molecule has 2 unspecified atom stereocenters. The number of amides is 1. The normalized spacial score (nSPS) is 22.6. The Hall–Kier alpha value is -3.29. The number of anilines is 1. The van der Waals surface area contributed by atoms with E-state index in [2.05, 4.69) is 15.3 Å². The molecule has 0 aliphatic heterocycles. The lowest BCUT2D eigenvalue weighted by Gasteiger charge is -2.39. The van der Waals surface area contributed by atoms with Crippen molar-refractivity contribution < 1.29 is 19.5 Å². The summed E-state index contributed by atoms with van der Waals surface area (Å²) in [5, 5.41) is 12.3. The maximum absolute atomic E-state index is 12.5. The zero-order valence-corrected chi connectivity index (χ0v) is 14.7. The molecule has 2 heterocycles. The summed E-state index contributed by atoms with van der Waals surface area (Å²) < 4.78 is 0. The van der Waals surface area contributed by atoms with Crippen molar-refractivity contribution >= 4 is 23.5 Å². The van der Waals surface area contributed by atoms with Gasteiger partial charge in [-0.25, -0.2) is 4.98 Å². The van der Waals surface area contributed by atoms with Gasteiger partial charge in [0.05, 0.1) is 12.0 Å². The summed E-state index contributed by atoms with van der Waals surface area (Å²) >= 11 is 0. The maximum Gasteiger partial charge on any atom is 0.308 e. The molecular weight excluding hydrogens is 348 g/mol. The molecule has 1 aliphatic carbocycles. The Morgan fingerprint density at radius 3 is 2.74 bits per heavy atom. The molecule has 2 aromatic heterocycles. The van der Waals surface area contributed by atoms with Crippen LogP contribution in [-0.4, -0.2) is 32.7 Å². The van der Waals surface area contributed by atoms with Crippen LogP contribution in [0, 0.1) is 17.8 Å². The molecule has 1 saturated carbocycles. The number of nitrogens with one attached hydrogen (secondary N) is 1. The van der Waals surface area contributed by atoms with Crippen LogP contribution in [0.3, 0.4) is 0 Å². The van der Waals surface area contributed by atoms with Crippen molar-refractivity contribution in [3.8, 4) is 0 Å². The molecule has 1 fully saturated rings. The van der Waals surface area contributed by atoms with Gasteiger partial charge in [0, 0.05) is 24.5 Å². The number of carboxylic acid groups (broad SMARTS) is 1. The smallest absolute Gasteiger partial charge is 0.308 e. The van der Waals surface area contributed by atoms with Crippen molar-refractivity contribution in [1.29, 1.82) is 0 Å². The SMILES string of the molecule is CC(NC(=O)C1C(=O)[C@H](Cc2ccnc(N)c2)[C@H]1C(=O)O)c1cccnc1. The van der Waals surface area contributed by atoms with E-state index in [0.717, 1.165) is 11.1 Å². The number of hydrogen-bond acceptors (Lipinski definition) is 6. The molecule has 0 aromatic carbocycles. The highest BCUT2D eigenvalue weighted by atomic mass is 16.4. The molecule has 0 radical (unpaired) electrons. The monoisotopic (exact) mass is 368 g/mol. The molecule has 1 amide bonds. The number of pyridine rings is 2. The Labute approximate surface area is 155 Å². The average molecular weight is 368 g/mol. The van der Waals surface area contributed by atoms with Gasteiger partial charge in [0.2, 0.25) is 5.91 Å². The molecule has 8 heteroatoms. The van der Waals surface area contributed by atoms with E-state index in [4.69, 9.17) is 5.73 Å². The molecule has 0 saturated heterocycles. The third-order valence-electron chi connectivity index (χ3n) is 4.88. The van der Waals surface area contributed by atoms with Gasteiger partial charge in [0.25, 0.3) is 0 Å². The number of carboxylic acids is 1. The third-order valence-corrected chi connectivity index (χ3v) is 4.88. The van der Waals surface area contributed by atoms with E-state index in [9.17, 15) is 19.5 Å². The molecular formula is C19H20N4O4. The van der Waals surface area contributed by atoms with Crippen molar-refractivity contribution in [2.45, 2.75) is 19.4 Å². The van der Waals surface area contributed by atoms with Crippen LogP contribution < -0.4 is 11.1 Å². The van der Waals surface area contributed by atoms with Crippen LogP contribution in [-0.2, 0) is 20.8 Å². The van der Waals surface area contributed by atoms with Crippen molar-refractivity contribution in [2.75, 3.05) is 5.73 Å². The highest BCUT2D eigenvalue weighted by Gasteiger charge is 2.57. The topological polar surface area (TPSA) is 135 Å². The quantitative estimate of drug-likeness (QED) is 0.647. The lowest BCUT2D eigenvalue weighted by molar-refractivity contribution is -0.167. The Bertz CT molecular complexity index is 871. The van der Waals surface area contributed by atoms with Crippen LogP contribution in [0.15, 0.2) is 42.9 Å². The van der Waals surface area contributed by atoms with E-state index in [1.807, 2.05) is 0 Å². The second-order valence-electron chi connectivity index (χ2n) is 6.66. The number of hydrogen-bond donors (Lipinski definition) is 3. The molecule has 4 atom stereocenters. The number of carbonyl (C=O) groups is 3. The predicted molar refractivity (Wildman–Crippen MR) is 96.3 cm³/mol. The van der Waals surface area contributed by atoms with Gasteiger partial charge in [-0.1, -0.05) is 6.07 Å². The first kappa shape index (κ1) is 18.5. The first-order valence-corrected chi connectivity index (χ1v) is 8.55. The van der Waals surface area contributed by atoms with E-state index in [1.54, 1.807) is 43.6 Å². The zero-order valence-electron chi connectivity index (χ0n) is 14.7. The fourth-order valence-electron chi connectivity index (χ4n) is 3.43. The van der Waals surface area contributed by atoms with E-state index in [0.29, 0.717) is 5.82 Å². The fourth-order valence-corrected chi connectivity index (χ4v) is 3.43. The standard InChI is InChI=1S/C19H20N4O4/c1-10(12-3-2-5-21-9-12)23-18(25)16-15(19(26)27)13(17(16)24)7-11-4-6-22-14(20)8-11/h2-6,8-10,13,15-16H,7H2,1H3,(H2,20,22)(H,23,25)(H,26,27)/t10?,13-,15-,16?/m1/s1. The highest BCUT2D eigenvalue weighted by Crippen LogP contribution is 2.40. The highest BCUT2D eigenvalue weighted by molar-refractivity contribution is 6.12. The second kappa shape index (κ2) is 7.53. The molecule has 1 aliphatic rings. The minimum absolute atomic E-state index is 0.213. The van der Waals surface area contributed by atoms with Crippen molar-refractivity contribution in [3.05, 3.63) is 54.0 Å². The maximum atomic E-state index is 12.5. The van der Waals surface area contributed by atoms with Crippen molar-refractivity contribution in [1.82, 2.24) is 15.3 Å². The van der Waals surface area contributed by atoms with Crippen LogP contribution in [0.2, 0.25) is 0 Å². The number of ketones is 1. The summed E-state index contributed by atoms with van der Waals surface area (Å²) in [6, 6.07) is 6.44. The minimum atomic E-state index is -1.19. The van der Waals surface area contributed by atoms with Crippen LogP contribution >= 0.6 is 0 Å². The summed E-state index contributed by atoms with van der Waals surface area (Å²) in [5.41, 5.74) is 7.12. The first-order valence-electron chi connectivity index (χ1n) is 8.55. The first-order chi connectivity index (χ1) is 12.9. The van der Waals surface area contributed by atoms with E-state index in [-0.39, 0.29) is 18.2 Å². The van der Waals surface area contributed by atoms with Gasteiger partial charge in [-0.05, 0) is 42.7 Å². The Kier molecular flexibility index (Phi) is 5.16. The lowest BCUT2D eigenvalue weighted by atomic mass is 9.61. The van der Waals surface area contributed by atoms with Crippen LogP contribution in [0.4, 0.5) is 5.82 Å². The van der Waals surface area contributed by atoms with Crippen molar-refractivity contribution in [2.24, 2.45) is 17.8 Å². The zero-order chi connectivity index (χ0) is 19.6. The molecule has 8 nitrogen and oxygen atoms in total. The average Bonchev–Trinajstić information content (AvgIpc) is 2.64. The number of nitrogen functional groups attached to an aromatic ring is 1. The van der Waals surface area contributed by atoms with Crippen LogP contribution in [0.1, 0.15) is 24.1 Å². The molecule has 4 N–H and O–H groups in total. The number of carbonyl (C=O) groups excluding carboxylic acids is 2. The molecule has 3 rings (SSSR count). The number of nitrogens with zero attached hydrogens (tertiary/aromatic N) is 2. The molecule has 0 spiro atoms. The van der Waals surface area contributed by atoms with Gasteiger partial charge >= 0.3 is 5.97 Å². The summed E-state index contributed by atoms with van der Waals surface area (Å²) in [6.07, 6.45) is 4.94.